The lowest BCUT2D eigenvalue weighted by atomic mass is 10.1. The van der Waals surface area contributed by atoms with Crippen molar-refractivity contribution in [1.82, 2.24) is 19.7 Å². The van der Waals surface area contributed by atoms with Crippen LogP contribution >= 0.6 is 34.7 Å². The van der Waals surface area contributed by atoms with Gasteiger partial charge < -0.3 is 10.1 Å². The molecule has 1 amide bonds. The normalized spacial score (nSPS) is 10.8. The van der Waals surface area contributed by atoms with Gasteiger partial charge in [0, 0.05) is 34.6 Å². The summed E-state index contributed by atoms with van der Waals surface area (Å²) < 4.78 is 7.15. The Hall–Kier alpha value is -3.14. The standard InChI is InChI=1S/C24H22ClN5O2S2/c1-3-12-30-22(16-8-10-18(32-2)11-9-16)28-29-24(30)33-15-21(31)27-23-26-14-19(34-23)13-17-6-4-5-7-20(17)25/h3-11,14H,1,12-13,15H2,2H3,(H,26,27,31). The van der Waals surface area contributed by atoms with Crippen LogP contribution in [0.15, 0.2) is 72.5 Å². The van der Waals surface area contributed by atoms with Gasteiger partial charge in [-0.1, -0.05) is 47.6 Å². The van der Waals surface area contributed by atoms with Gasteiger partial charge in [-0.05, 0) is 35.9 Å². The van der Waals surface area contributed by atoms with E-state index >= 15 is 0 Å². The Morgan fingerprint density at radius 2 is 2.03 bits per heavy atom. The zero-order valence-electron chi connectivity index (χ0n) is 18.4. The molecule has 0 radical (unpaired) electrons. The van der Waals surface area contributed by atoms with Gasteiger partial charge in [0.1, 0.15) is 5.75 Å². The number of carbonyl (C=O) groups is 1. The summed E-state index contributed by atoms with van der Waals surface area (Å²) in [4.78, 5) is 17.9. The number of amides is 1. The van der Waals surface area contributed by atoms with Crippen molar-refractivity contribution in [3.63, 3.8) is 0 Å². The van der Waals surface area contributed by atoms with Gasteiger partial charge in [0.2, 0.25) is 5.91 Å². The van der Waals surface area contributed by atoms with E-state index in [1.807, 2.05) is 53.1 Å². The molecular formula is C24H22ClN5O2S2. The summed E-state index contributed by atoms with van der Waals surface area (Å²) in [6.45, 7) is 4.35. The van der Waals surface area contributed by atoms with Crippen LogP contribution in [0.1, 0.15) is 10.4 Å². The van der Waals surface area contributed by atoms with Gasteiger partial charge in [0.05, 0.1) is 12.9 Å². The topological polar surface area (TPSA) is 81.9 Å². The van der Waals surface area contributed by atoms with Gasteiger partial charge in [-0.3, -0.25) is 9.36 Å². The van der Waals surface area contributed by atoms with E-state index in [0.29, 0.717) is 29.1 Å². The van der Waals surface area contributed by atoms with Crippen molar-refractivity contribution in [2.24, 2.45) is 0 Å². The number of rotatable bonds is 10. The first-order valence-corrected chi connectivity index (χ1v) is 12.5. The summed E-state index contributed by atoms with van der Waals surface area (Å²) in [5, 5.41) is 13.4. The third kappa shape index (κ3) is 5.85. The van der Waals surface area contributed by atoms with E-state index < -0.39 is 0 Å². The number of allylic oxidation sites excluding steroid dienone is 1. The maximum Gasteiger partial charge on any atom is 0.236 e. The average Bonchev–Trinajstić information content (AvgIpc) is 3.46. The van der Waals surface area contributed by atoms with E-state index in [4.69, 9.17) is 16.3 Å². The minimum absolute atomic E-state index is 0.164. The van der Waals surface area contributed by atoms with E-state index in [1.165, 1.54) is 23.1 Å². The molecule has 0 spiro atoms. The molecule has 0 aliphatic heterocycles. The van der Waals surface area contributed by atoms with Gasteiger partial charge >= 0.3 is 0 Å². The molecule has 10 heteroatoms. The molecule has 0 fully saturated rings. The number of hydrogen-bond donors (Lipinski definition) is 1. The zero-order chi connectivity index (χ0) is 23.9. The van der Waals surface area contributed by atoms with Gasteiger partial charge in [0.25, 0.3) is 0 Å². The van der Waals surface area contributed by atoms with Crippen molar-refractivity contribution < 1.29 is 9.53 Å². The number of carbonyl (C=O) groups excluding carboxylic acids is 1. The predicted molar refractivity (Wildman–Crippen MR) is 138 cm³/mol. The molecule has 0 aliphatic carbocycles. The number of aromatic nitrogens is 4. The van der Waals surface area contributed by atoms with Crippen molar-refractivity contribution in [3.8, 4) is 17.1 Å². The fourth-order valence-electron chi connectivity index (χ4n) is 3.20. The van der Waals surface area contributed by atoms with Crippen LogP contribution in [0.5, 0.6) is 5.75 Å². The number of halogens is 1. The number of thioether (sulfide) groups is 1. The highest BCUT2D eigenvalue weighted by atomic mass is 35.5. The lowest BCUT2D eigenvalue weighted by molar-refractivity contribution is -0.113. The molecule has 0 aliphatic rings. The summed E-state index contributed by atoms with van der Waals surface area (Å²) in [7, 11) is 1.63. The van der Waals surface area contributed by atoms with E-state index in [9.17, 15) is 4.79 Å². The Balaban J connectivity index is 1.38. The predicted octanol–water partition coefficient (Wildman–Crippen LogP) is 5.57. The third-order valence-corrected chi connectivity index (χ3v) is 7.08. The average molecular weight is 512 g/mol. The monoisotopic (exact) mass is 511 g/mol. The Bertz CT molecular complexity index is 1290. The molecule has 0 atom stereocenters. The first kappa shape index (κ1) is 24.0. The maximum atomic E-state index is 12.5. The van der Waals surface area contributed by atoms with Crippen LogP contribution in [-0.2, 0) is 17.8 Å². The van der Waals surface area contributed by atoms with E-state index in [0.717, 1.165) is 26.8 Å². The van der Waals surface area contributed by atoms with Gasteiger partial charge in [0.15, 0.2) is 16.1 Å². The number of nitrogens with zero attached hydrogens (tertiary/aromatic N) is 4. The molecular weight excluding hydrogens is 490 g/mol. The first-order chi connectivity index (χ1) is 16.6. The van der Waals surface area contributed by atoms with E-state index in [2.05, 4.69) is 27.1 Å². The molecule has 4 rings (SSSR count). The second-order valence-electron chi connectivity index (χ2n) is 7.17. The maximum absolute atomic E-state index is 12.5. The number of benzene rings is 2. The molecule has 174 valence electrons. The van der Waals surface area contributed by atoms with Crippen molar-refractivity contribution in [2.45, 2.75) is 18.1 Å². The summed E-state index contributed by atoms with van der Waals surface area (Å²) in [6.07, 6.45) is 4.20. The molecule has 0 saturated heterocycles. The van der Waals surface area contributed by atoms with Gasteiger partial charge in [-0.25, -0.2) is 4.98 Å². The lowest BCUT2D eigenvalue weighted by Gasteiger charge is -2.08. The summed E-state index contributed by atoms with van der Waals surface area (Å²) >= 11 is 8.99. The highest BCUT2D eigenvalue weighted by molar-refractivity contribution is 7.99. The van der Waals surface area contributed by atoms with Crippen molar-refractivity contribution in [2.75, 3.05) is 18.2 Å². The van der Waals surface area contributed by atoms with Crippen LogP contribution in [0, 0.1) is 0 Å². The number of anilines is 1. The minimum Gasteiger partial charge on any atom is -0.497 e. The Kier molecular flexibility index (Phi) is 7.99. The molecule has 2 aromatic heterocycles. The Morgan fingerprint density at radius 3 is 2.76 bits per heavy atom. The van der Waals surface area contributed by atoms with Crippen LogP contribution in [0.25, 0.3) is 11.4 Å². The highest BCUT2D eigenvalue weighted by Gasteiger charge is 2.16. The zero-order valence-corrected chi connectivity index (χ0v) is 20.8. The number of methoxy groups -OCH3 is 1. The molecule has 2 heterocycles. The van der Waals surface area contributed by atoms with Gasteiger partial charge in [-0.15, -0.1) is 28.1 Å². The second kappa shape index (κ2) is 11.3. The molecule has 0 unspecified atom stereocenters. The lowest BCUT2D eigenvalue weighted by Crippen LogP contribution is -2.14. The summed E-state index contributed by atoms with van der Waals surface area (Å²) in [6, 6.07) is 15.3. The van der Waals surface area contributed by atoms with Crippen LogP contribution < -0.4 is 10.1 Å². The second-order valence-corrected chi connectivity index (χ2v) is 9.64. The van der Waals surface area contributed by atoms with Crippen LogP contribution in [0.3, 0.4) is 0 Å². The number of ether oxygens (including phenoxy) is 1. The fraction of sp³-hybridized carbons (Fsp3) is 0.167. The largest absolute Gasteiger partial charge is 0.497 e. The van der Waals surface area contributed by atoms with Crippen LogP contribution in [0.4, 0.5) is 5.13 Å². The molecule has 0 saturated carbocycles. The quantitative estimate of drug-likeness (QED) is 0.221. The number of hydrogen-bond acceptors (Lipinski definition) is 7. The fourth-order valence-corrected chi connectivity index (χ4v) is 5.01. The van der Waals surface area contributed by atoms with Crippen molar-refractivity contribution >= 4 is 45.7 Å². The van der Waals surface area contributed by atoms with Crippen LogP contribution in [0.2, 0.25) is 5.02 Å². The third-order valence-electron chi connectivity index (χ3n) is 4.83. The van der Waals surface area contributed by atoms with E-state index in [-0.39, 0.29) is 11.7 Å². The molecule has 1 N–H and O–H groups in total. The molecule has 7 nitrogen and oxygen atoms in total. The number of nitrogens with one attached hydrogen (secondary N) is 1. The van der Waals surface area contributed by atoms with Crippen LogP contribution in [-0.4, -0.2) is 38.5 Å². The molecule has 0 bridgehead atoms. The summed E-state index contributed by atoms with van der Waals surface area (Å²) in [5.41, 5.74) is 1.93. The summed E-state index contributed by atoms with van der Waals surface area (Å²) in [5.74, 6) is 1.48. The molecule has 4 aromatic rings. The first-order valence-electron chi connectivity index (χ1n) is 10.4. The van der Waals surface area contributed by atoms with Gasteiger partial charge in [-0.2, -0.15) is 0 Å². The Labute approximate surface area is 210 Å². The smallest absolute Gasteiger partial charge is 0.236 e. The van der Waals surface area contributed by atoms with Crippen molar-refractivity contribution in [3.05, 3.63) is 82.8 Å². The SMILES string of the molecule is C=CCn1c(SCC(=O)Nc2ncc(Cc3ccccc3Cl)s2)nnc1-c1ccc(OC)cc1. The minimum atomic E-state index is -0.164. The van der Waals surface area contributed by atoms with E-state index in [1.54, 1.807) is 19.4 Å². The highest BCUT2D eigenvalue weighted by Crippen LogP contribution is 2.27. The number of thiazole rings is 1. The molecule has 34 heavy (non-hydrogen) atoms. The molecule has 2 aromatic carbocycles. The van der Waals surface area contributed by atoms with Crippen molar-refractivity contribution in [1.29, 1.82) is 0 Å². The Morgan fingerprint density at radius 1 is 1.24 bits per heavy atom.